The zero-order valence-corrected chi connectivity index (χ0v) is 29.1. The van der Waals surface area contributed by atoms with Gasteiger partial charge >= 0.3 is 0 Å². The molecule has 0 amide bonds. The van der Waals surface area contributed by atoms with E-state index in [0.717, 1.165) is 77.6 Å². The van der Waals surface area contributed by atoms with E-state index >= 15 is 0 Å². The van der Waals surface area contributed by atoms with Gasteiger partial charge in [0, 0.05) is 38.2 Å². The van der Waals surface area contributed by atoms with Crippen molar-refractivity contribution in [1.29, 1.82) is 10.5 Å². The highest BCUT2D eigenvalue weighted by Crippen LogP contribution is 2.45. The van der Waals surface area contributed by atoms with E-state index in [4.69, 9.17) is 0 Å². The second-order valence-electron chi connectivity index (χ2n) is 13.6. The average molecular weight is 687 g/mol. The van der Waals surface area contributed by atoms with Crippen molar-refractivity contribution in [2.75, 3.05) is 0 Å². The van der Waals surface area contributed by atoms with Crippen LogP contribution in [0, 0.1) is 22.7 Å². The molecule has 0 saturated carbocycles. The maximum atomic E-state index is 9.93. The molecule has 0 N–H and O–H groups in total. The van der Waals surface area contributed by atoms with Crippen LogP contribution in [-0.4, -0.2) is 9.13 Å². The molecular formula is C50H30N4. The first-order valence-electron chi connectivity index (χ1n) is 18.0. The van der Waals surface area contributed by atoms with Gasteiger partial charge in [0.2, 0.25) is 0 Å². The van der Waals surface area contributed by atoms with Crippen LogP contribution in [0.25, 0.3) is 88.4 Å². The summed E-state index contributed by atoms with van der Waals surface area (Å²) in [4.78, 5) is 0. The quantitative estimate of drug-likeness (QED) is 0.181. The van der Waals surface area contributed by atoms with Gasteiger partial charge in [-0.15, -0.1) is 0 Å². The van der Waals surface area contributed by atoms with Crippen LogP contribution in [0.4, 0.5) is 0 Å². The molecule has 54 heavy (non-hydrogen) atoms. The van der Waals surface area contributed by atoms with Gasteiger partial charge in [-0.25, -0.2) is 0 Å². The zero-order chi connectivity index (χ0) is 36.2. The second kappa shape index (κ2) is 12.5. The standard InChI is InChI=1S/C50H30N4/c51-31-33-22-26-47-43(28-33)44-29-34(32-52)23-27-48(44)53(47)49-30-37(35-12-3-1-4-13-35)24-25-41(49)42-19-11-18-38(36-14-5-2-6-15-36)50(42)54-45-20-9-7-16-39(45)40-17-8-10-21-46(40)54/h1-30H. The Balaban J connectivity index is 1.37. The summed E-state index contributed by atoms with van der Waals surface area (Å²) >= 11 is 0. The van der Waals surface area contributed by atoms with E-state index in [-0.39, 0.29) is 0 Å². The average Bonchev–Trinajstić information content (AvgIpc) is 3.75. The maximum Gasteiger partial charge on any atom is 0.0991 e. The third-order valence-electron chi connectivity index (χ3n) is 10.6. The van der Waals surface area contributed by atoms with Gasteiger partial charge in [0.15, 0.2) is 0 Å². The van der Waals surface area contributed by atoms with Crippen LogP contribution >= 0.6 is 0 Å². The Morgan fingerprint density at radius 1 is 0.333 bits per heavy atom. The molecule has 2 heterocycles. The fourth-order valence-electron chi connectivity index (χ4n) is 8.19. The van der Waals surface area contributed by atoms with Crippen molar-refractivity contribution in [3.05, 3.63) is 193 Å². The smallest absolute Gasteiger partial charge is 0.0991 e. The van der Waals surface area contributed by atoms with Crippen LogP contribution in [-0.2, 0) is 0 Å². The molecule has 0 aliphatic carbocycles. The summed E-state index contributed by atoms with van der Waals surface area (Å²) in [7, 11) is 0. The molecule has 10 rings (SSSR count). The maximum absolute atomic E-state index is 9.93. The molecule has 0 radical (unpaired) electrons. The van der Waals surface area contributed by atoms with Crippen LogP contribution in [0.2, 0.25) is 0 Å². The largest absolute Gasteiger partial charge is 0.309 e. The summed E-state index contributed by atoms with van der Waals surface area (Å²) in [5.74, 6) is 0. The Bertz CT molecular complexity index is 3050. The minimum atomic E-state index is 0.575. The first-order valence-corrected chi connectivity index (χ1v) is 18.0. The number of rotatable bonds is 5. The Kier molecular flexibility index (Phi) is 7.22. The number of benzene rings is 8. The molecule has 0 unspecified atom stereocenters. The van der Waals surface area contributed by atoms with E-state index < -0.39 is 0 Å². The molecule has 8 aromatic carbocycles. The summed E-state index contributed by atoms with van der Waals surface area (Å²) in [5.41, 5.74) is 14.0. The summed E-state index contributed by atoms with van der Waals surface area (Å²) in [5, 5.41) is 24.1. The summed E-state index contributed by atoms with van der Waals surface area (Å²) in [6, 6.07) is 68.1. The Morgan fingerprint density at radius 2 is 0.852 bits per heavy atom. The summed E-state index contributed by atoms with van der Waals surface area (Å²) in [6.45, 7) is 0. The third-order valence-corrected chi connectivity index (χ3v) is 10.6. The van der Waals surface area contributed by atoms with Gasteiger partial charge < -0.3 is 9.13 Å². The molecule has 0 aliphatic rings. The van der Waals surface area contributed by atoms with E-state index in [2.05, 4.69) is 161 Å². The lowest BCUT2D eigenvalue weighted by molar-refractivity contribution is 1.16. The number of nitriles is 2. The lowest BCUT2D eigenvalue weighted by Gasteiger charge is -2.22. The van der Waals surface area contributed by atoms with E-state index in [0.29, 0.717) is 11.1 Å². The monoisotopic (exact) mass is 686 g/mol. The van der Waals surface area contributed by atoms with E-state index in [1.165, 1.54) is 10.8 Å². The Labute approximate surface area is 312 Å². The fourth-order valence-corrected chi connectivity index (χ4v) is 8.19. The molecule has 0 spiro atoms. The van der Waals surface area contributed by atoms with Crippen LogP contribution in [0.1, 0.15) is 11.1 Å². The fraction of sp³-hybridized carbons (Fsp3) is 0. The van der Waals surface area contributed by atoms with Crippen molar-refractivity contribution in [2.45, 2.75) is 0 Å². The van der Waals surface area contributed by atoms with Gasteiger partial charge in [-0.2, -0.15) is 10.5 Å². The van der Waals surface area contributed by atoms with Crippen molar-refractivity contribution in [2.24, 2.45) is 0 Å². The van der Waals surface area contributed by atoms with Crippen molar-refractivity contribution >= 4 is 43.6 Å². The van der Waals surface area contributed by atoms with Crippen LogP contribution in [0.5, 0.6) is 0 Å². The Morgan fingerprint density at radius 3 is 1.44 bits per heavy atom. The third kappa shape index (κ3) is 4.83. The predicted molar refractivity (Wildman–Crippen MR) is 221 cm³/mol. The molecule has 4 heteroatoms. The highest BCUT2D eigenvalue weighted by Gasteiger charge is 2.23. The highest BCUT2D eigenvalue weighted by atomic mass is 15.0. The van der Waals surface area contributed by atoms with Crippen LogP contribution in [0.3, 0.4) is 0 Å². The second-order valence-corrected chi connectivity index (χ2v) is 13.6. The van der Waals surface area contributed by atoms with Crippen LogP contribution in [0.15, 0.2) is 182 Å². The minimum absolute atomic E-state index is 0.575. The van der Waals surface area contributed by atoms with Crippen LogP contribution < -0.4 is 0 Å². The normalized spacial score (nSPS) is 11.3. The lowest BCUT2D eigenvalue weighted by Crippen LogP contribution is -2.04. The topological polar surface area (TPSA) is 57.4 Å². The van der Waals surface area contributed by atoms with Crippen molar-refractivity contribution < 1.29 is 0 Å². The molecule has 0 fully saturated rings. The molecule has 0 bridgehead atoms. The highest BCUT2D eigenvalue weighted by molar-refractivity contribution is 6.12. The molecule has 250 valence electrons. The SMILES string of the molecule is N#Cc1ccc2c(c1)c1cc(C#N)ccc1n2-c1cc(-c2ccccc2)ccc1-c1cccc(-c2ccccc2)c1-n1c2ccccc2c2ccccc21. The van der Waals surface area contributed by atoms with Crippen molar-refractivity contribution in [3.63, 3.8) is 0 Å². The Hall–Kier alpha value is -7.66. The number of fused-ring (bicyclic) bond motifs is 6. The molecule has 2 aromatic heterocycles. The molecule has 10 aromatic rings. The first kappa shape index (κ1) is 31.1. The number of para-hydroxylation sites is 3. The number of hydrogen-bond donors (Lipinski definition) is 0. The molecular weight excluding hydrogens is 657 g/mol. The van der Waals surface area contributed by atoms with Gasteiger partial charge in [0.05, 0.1) is 56.7 Å². The van der Waals surface area contributed by atoms with Gasteiger partial charge in [0.25, 0.3) is 0 Å². The van der Waals surface area contributed by atoms with Gasteiger partial charge in [-0.1, -0.05) is 127 Å². The first-order chi connectivity index (χ1) is 26.7. The number of hydrogen-bond acceptors (Lipinski definition) is 2. The zero-order valence-electron chi connectivity index (χ0n) is 29.1. The number of aromatic nitrogens is 2. The summed E-state index contributed by atoms with van der Waals surface area (Å²) in [6.07, 6.45) is 0. The van der Waals surface area contributed by atoms with Crippen molar-refractivity contribution in [1.82, 2.24) is 9.13 Å². The van der Waals surface area contributed by atoms with Gasteiger partial charge in [-0.05, 0) is 71.3 Å². The summed E-state index contributed by atoms with van der Waals surface area (Å²) < 4.78 is 4.74. The lowest BCUT2D eigenvalue weighted by atomic mass is 9.92. The molecule has 0 saturated heterocycles. The molecule has 4 nitrogen and oxygen atoms in total. The van der Waals surface area contributed by atoms with Crippen molar-refractivity contribution in [3.8, 4) is 56.9 Å². The minimum Gasteiger partial charge on any atom is -0.309 e. The van der Waals surface area contributed by atoms with E-state index in [1.807, 2.05) is 42.5 Å². The molecule has 0 atom stereocenters. The van der Waals surface area contributed by atoms with Gasteiger partial charge in [-0.3, -0.25) is 0 Å². The predicted octanol–water partition coefficient (Wildman–Crippen LogP) is 12.6. The molecule has 0 aliphatic heterocycles. The van der Waals surface area contributed by atoms with E-state index in [9.17, 15) is 10.5 Å². The number of nitrogens with zero attached hydrogens (tertiary/aromatic N) is 4. The van der Waals surface area contributed by atoms with E-state index in [1.54, 1.807) is 0 Å². The van der Waals surface area contributed by atoms with Gasteiger partial charge in [0.1, 0.15) is 0 Å².